The molecular formula is C11H24N2S. The summed E-state index contributed by atoms with van der Waals surface area (Å²) in [6.07, 6.45) is 6.14. The molecule has 0 saturated carbocycles. The normalized spacial score (nSPS) is 23.1. The van der Waals surface area contributed by atoms with Crippen molar-refractivity contribution in [2.45, 2.75) is 32.2 Å². The van der Waals surface area contributed by atoms with Crippen LogP contribution in [0.1, 0.15) is 26.2 Å². The van der Waals surface area contributed by atoms with E-state index >= 15 is 0 Å². The van der Waals surface area contributed by atoms with Crippen molar-refractivity contribution in [3.05, 3.63) is 0 Å². The Morgan fingerprint density at radius 1 is 1.50 bits per heavy atom. The summed E-state index contributed by atoms with van der Waals surface area (Å²) in [4.78, 5) is 2.60. The van der Waals surface area contributed by atoms with Crippen LogP contribution in [0.25, 0.3) is 0 Å². The van der Waals surface area contributed by atoms with Crippen LogP contribution in [0.15, 0.2) is 0 Å². The Morgan fingerprint density at radius 3 is 3.07 bits per heavy atom. The predicted molar refractivity (Wildman–Crippen MR) is 66.1 cm³/mol. The number of likely N-dealkylation sites (tertiary alicyclic amines) is 1. The highest BCUT2D eigenvalue weighted by atomic mass is 32.2. The summed E-state index contributed by atoms with van der Waals surface area (Å²) in [6, 6.07) is 0.768. The lowest BCUT2D eigenvalue weighted by Crippen LogP contribution is -2.33. The predicted octanol–water partition coefficient (Wildman–Crippen LogP) is 1.81. The molecule has 1 N–H and O–H groups in total. The zero-order valence-electron chi connectivity index (χ0n) is 9.59. The lowest BCUT2D eigenvalue weighted by Gasteiger charge is -2.16. The molecule has 1 rings (SSSR count). The first kappa shape index (κ1) is 12.3. The van der Waals surface area contributed by atoms with Crippen LogP contribution >= 0.6 is 11.8 Å². The maximum absolute atomic E-state index is 3.60. The maximum Gasteiger partial charge on any atom is 0.0207 e. The van der Waals surface area contributed by atoms with Crippen LogP contribution in [0.5, 0.6) is 0 Å². The van der Waals surface area contributed by atoms with Gasteiger partial charge in [0.2, 0.25) is 0 Å². The van der Waals surface area contributed by atoms with Gasteiger partial charge in [-0.1, -0.05) is 6.92 Å². The Labute approximate surface area is 92.8 Å². The van der Waals surface area contributed by atoms with Gasteiger partial charge in [-0.15, -0.1) is 0 Å². The summed E-state index contributed by atoms with van der Waals surface area (Å²) in [7, 11) is 0. The number of nitrogens with one attached hydrogen (secondary N) is 1. The Hall–Kier alpha value is 0.270. The molecule has 2 nitrogen and oxygen atoms in total. The quantitative estimate of drug-likeness (QED) is 0.654. The molecule has 0 aromatic heterocycles. The van der Waals surface area contributed by atoms with Gasteiger partial charge in [-0.25, -0.2) is 0 Å². The summed E-state index contributed by atoms with van der Waals surface area (Å²) in [5, 5.41) is 3.60. The van der Waals surface area contributed by atoms with E-state index in [1.165, 1.54) is 51.2 Å². The third-order valence-corrected chi connectivity index (χ3v) is 3.48. The lowest BCUT2D eigenvalue weighted by molar-refractivity contribution is 0.329. The van der Waals surface area contributed by atoms with Crippen LogP contribution in [0.4, 0.5) is 0 Å². The van der Waals surface area contributed by atoms with Gasteiger partial charge in [0, 0.05) is 12.6 Å². The summed E-state index contributed by atoms with van der Waals surface area (Å²) in [6.45, 7) is 7.29. The second-order valence-electron chi connectivity index (χ2n) is 4.09. The maximum atomic E-state index is 3.60. The van der Waals surface area contributed by atoms with Crippen LogP contribution in [0.3, 0.4) is 0 Å². The van der Waals surface area contributed by atoms with Crippen molar-refractivity contribution in [2.24, 2.45) is 0 Å². The Morgan fingerprint density at radius 2 is 2.36 bits per heavy atom. The van der Waals surface area contributed by atoms with Crippen LogP contribution in [-0.2, 0) is 0 Å². The van der Waals surface area contributed by atoms with Crippen molar-refractivity contribution in [1.29, 1.82) is 0 Å². The van der Waals surface area contributed by atoms with E-state index in [2.05, 4.69) is 23.4 Å². The summed E-state index contributed by atoms with van der Waals surface area (Å²) < 4.78 is 0. The minimum atomic E-state index is 0.768. The molecule has 1 saturated heterocycles. The van der Waals surface area contributed by atoms with Gasteiger partial charge in [-0.2, -0.15) is 11.8 Å². The van der Waals surface area contributed by atoms with Gasteiger partial charge in [0.15, 0.2) is 0 Å². The number of hydrogen-bond donors (Lipinski definition) is 1. The molecule has 3 heteroatoms. The molecule has 0 aromatic rings. The van der Waals surface area contributed by atoms with Gasteiger partial charge in [-0.05, 0) is 50.9 Å². The number of thioether (sulfide) groups is 1. The zero-order chi connectivity index (χ0) is 10.2. The minimum absolute atomic E-state index is 0.768. The third-order valence-electron chi connectivity index (χ3n) is 2.78. The molecule has 1 unspecified atom stereocenters. The lowest BCUT2D eigenvalue weighted by atomic mass is 10.2. The first-order valence-corrected chi connectivity index (χ1v) is 7.21. The van der Waals surface area contributed by atoms with E-state index in [1.807, 2.05) is 11.8 Å². The molecular weight excluding hydrogens is 192 g/mol. The summed E-state index contributed by atoms with van der Waals surface area (Å²) in [5.41, 5.74) is 0. The fourth-order valence-electron chi connectivity index (χ4n) is 1.98. The SMILES string of the molecule is CCCNC1CCN(CCCSC)C1. The molecule has 0 aliphatic carbocycles. The highest BCUT2D eigenvalue weighted by molar-refractivity contribution is 7.98. The summed E-state index contributed by atoms with van der Waals surface area (Å²) in [5.74, 6) is 1.31. The molecule has 1 fully saturated rings. The number of hydrogen-bond acceptors (Lipinski definition) is 3. The average Bonchev–Trinajstić information content (AvgIpc) is 2.63. The highest BCUT2D eigenvalue weighted by Crippen LogP contribution is 2.10. The standard InChI is InChI=1S/C11H24N2S/c1-3-6-12-11-5-8-13(10-11)7-4-9-14-2/h11-12H,3-10H2,1-2H3. The molecule has 0 bridgehead atoms. The van der Waals surface area contributed by atoms with Crippen LogP contribution in [0.2, 0.25) is 0 Å². The molecule has 1 aliphatic rings. The van der Waals surface area contributed by atoms with E-state index in [-0.39, 0.29) is 0 Å². The smallest absolute Gasteiger partial charge is 0.0207 e. The van der Waals surface area contributed by atoms with E-state index < -0.39 is 0 Å². The topological polar surface area (TPSA) is 15.3 Å². The molecule has 0 radical (unpaired) electrons. The highest BCUT2D eigenvalue weighted by Gasteiger charge is 2.20. The fraction of sp³-hybridized carbons (Fsp3) is 1.00. The van der Waals surface area contributed by atoms with E-state index in [1.54, 1.807) is 0 Å². The number of nitrogens with zero attached hydrogens (tertiary/aromatic N) is 1. The second kappa shape index (κ2) is 7.55. The van der Waals surface area contributed by atoms with Crippen LogP contribution < -0.4 is 5.32 Å². The Bertz CT molecular complexity index is 141. The molecule has 0 amide bonds. The first-order valence-electron chi connectivity index (χ1n) is 5.81. The average molecular weight is 216 g/mol. The van der Waals surface area contributed by atoms with E-state index in [0.29, 0.717) is 0 Å². The van der Waals surface area contributed by atoms with Crippen LogP contribution in [0, 0.1) is 0 Å². The number of rotatable bonds is 7. The fourth-order valence-corrected chi connectivity index (χ4v) is 2.40. The Kier molecular flexibility index (Phi) is 6.65. The van der Waals surface area contributed by atoms with Gasteiger partial charge in [-0.3, -0.25) is 0 Å². The molecule has 84 valence electrons. The van der Waals surface area contributed by atoms with E-state index in [9.17, 15) is 0 Å². The van der Waals surface area contributed by atoms with Crippen molar-refractivity contribution in [2.75, 3.05) is 38.2 Å². The molecule has 1 aliphatic heterocycles. The largest absolute Gasteiger partial charge is 0.313 e. The molecule has 1 atom stereocenters. The zero-order valence-corrected chi connectivity index (χ0v) is 10.4. The molecule has 1 heterocycles. The van der Waals surface area contributed by atoms with E-state index in [4.69, 9.17) is 0 Å². The second-order valence-corrected chi connectivity index (χ2v) is 5.07. The molecule has 0 spiro atoms. The van der Waals surface area contributed by atoms with Gasteiger partial charge in [0.25, 0.3) is 0 Å². The van der Waals surface area contributed by atoms with Crippen molar-refractivity contribution in [3.8, 4) is 0 Å². The van der Waals surface area contributed by atoms with Crippen molar-refractivity contribution in [1.82, 2.24) is 10.2 Å². The van der Waals surface area contributed by atoms with Crippen LogP contribution in [-0.4, -0.2) is 49.1 Å². The Balaban J connectivity index is 2.02. The first-order chi connectivity index (χ1) is 6.86. The summed E-state index contributed by atoms with van der Waals surface area (Å²) >= 11 is 1.96. The molecule has 14 heavy (non-hydrogen) atoms. The minimum Gasteiger partial charge on any atom is -0.313 e. The van der Waals surface area contributed by atoms with Crippen molar-refractivity contribution in [3.63, 3.8) is 0 Å². The van der Waals surface area contributed by atoms with Gasteiger partial charge in [0.05, 0.1) is 0 Å². The van der Waals surface area contributed by atoms with Gasteiger partial charge in [0.1, 0.15) is 0 Å². The van der Waals surface area contributed by atoms with Gasteiger partial charge >= 0.3 is 0 Å². The van der Waals surface area contributed by atoms with Gasteiger partial charge < -0.3 is 10.2 Å². The van der Waals surface area contributed by atoms with Crippen molar-refractivity contribution >= 4 is 11.8 Å². The third kappa shape index (κ3) is 4.67. The van der Waals surface area contributed by atoms with E-state index in [0.717, 1.165) is 6.04 Å². The molecule has 0 aromatic carbocycles. The van der Waals surface area contributed by atoms with Crippen molar-refractivity contribution < 1.29 is 0 Å². The monoisotopic (exact) mass is 216 g/mol.